The van der Waals surface area contributed by atoms with Gasteiger partial charge in [0, 0.05) is 22.3 Å². The van der Waals surface area contributed by atoms with E-state index in [1.807, 2.05) is 13.8 Å². The van der Waals surface area contributed by atoms with Crippen molar-refractivity contribution >= 4 is 25.6 Å². The zero-order valence-electron chi connectivity index (χ0n) is 10.3. The first-order chi connectivity index (χ1) is 8.34. The molecule has 0 radical (unpaired) electrons. The number of rotatable bonds is 5. The molecular formula is C12H16ClNO3S. The van der Waals surface area contributed by atoms with Crippen LogP contribution in [0.2, 0.25) is 0 Å². The van der Waals surface area contributed by atoms with Crippen LogP contribution in [-0.4, -0.2) is 20.4 Å². The van der Waals surface area contributed by atoms with Crippen LogP contribution in [-0.2, 0) is 9.05 Å². The molecule has 4 nitrogen and oxygen atoms in total. The third-order valence-corrected chi connectivity index (χ3v) is 3.87. The zero-order chi connectivity index (χ0) is 13.8. The van der Waals surface area contributed by atoms with Crippen molar-refractivity contribution in [2.24, 2.45) is 0 Å². The van der Waals surface area contributed by atoms with Crippen molar-refractivity contribution in [2.45, 2.75) is 37.6 Å². The van der Waals surface area contributed by atoms with Crippen molar-refractivity contribution in [2.75, 3.05) is 0 Å². The minimum atomic E-state index is -3.74. The molecule has 1 unspecified atom stereocenters. The fourth-order valence-corrected chi connectivity index (χ4v) is 2.35. The quantitative estimate of drug-likeness (QED) is 0.847. The van der Waals surface area contributed by atoms with Crippen LogP contribution in [0.1, 0.15) is 37.0 Å². The predicted octanol–water partition coefficient (Wildman–Crippen LogP) is 2.53. The summed E-state index contributed by atoms with van der Waals surface area (Å²) >= 11 is 0. The van der Waals surface area contributed by atoms with Crippen molar-refractivity contribution in [1.82, 2.24) is 5.32 Å². The highest BCUT2D eigenvalue weighted by atomic mass is 35.7. The summed E-state index contributed by atoms with van der Waals surface area (Å²) in [5.41, 5.74) is 0.419. The molecule has 0 aliphatic heterocycles. The molecular weight excluding hydrogens is 274 g/mol. The highest BCUT2D eigenvalue weighted by Crippen LogP contribution is 2.15. The van der Waals surface area contributed by atoms with Crippen LogP contribution in [0.25, 0.3) is 0 Å². The second kappa shape index (κ2) is 6.20. The Morgan fingerprint density at radius 2 is 1.89 bits per heavy atom. The molecule has 1 N–H and O–H groups in total. The molecule has 1 atom stereocenters. The molecule has 0 spiro atoms. The van der Waals surface area contributed by atoms with Gasteiger partial charge in [-0.3, -0.25) is 4.79 Å². The standard InChI is InChI=1S/C12H16ClNO3S/c1-3-4-9(2)14-12(15)10-5-7-11(8-6-10)18(13,16)17/h5-9H,3-4H2,1-2H3,(H,14,15). The molecule has 6 heteroatoms. The largest absolute Gasteiger partial charge is 0.350 e. The summed E-state index contributed by atoms with van der Waals surface area (Å²) in [6.45, 7) is 3.97. The van der Waals surface area contributed by atoms with Crippen molar-refractivity contribution in [1.29, 1.82) is 0 Å². The van der Waals surface area contributed by atoms with Gasteiger partial charge in [-0.2, -0.15) is 0 Å². The van der Waals surface area contributed by atoms with E-state index in [9.17, 15) is 13.2 Å². The molecule has 1 amide bonds. The summed E-state index contributed by atoms with van der Waals surface area (Å²) in [7, 11) is 1.45. The van der Waals surface area contributed by atoms with Gasteiger partial charge >= 0.3 is 0 Å². The Labute approximate surface area is 112 Å². The monoisotopic (exact) mass is 289 g/mol. The Bertz CT molecular complexity index is 511. The Kier molecular flexibility index (Phi) is 5.16. The van der Waals surface area contributed by atoms with E-state index in [2.05, 4.69) is 5.32 Å². The number of amides is 1. The average molecular weight is 290 g/mol. The predicted molar refractivity (Wildman–Crippen MR) is 71.3 cm³/mol. The second-order valence-corrected chi connectivity index (χ2v) is 6.69. The van der Waals surface area contributed by atoms with E-state index in [0.29, 0.717) is 5.56 Å². The maximum Gasteiger partial charge on any atom is 0.261 e. The fourth-order valence-electron chi connectivity index (χ4n) is 1.58. The lowest BCUT2D eigenvalue weighted by Gasteiger charge is -2.12. The van der Waals surface area contributed by atoms with Crippen LogP contribution in [0.3, 0.4) is 0 Å². The molecule has 0 bridgehead atoms. The van der Waals surface area contributed by atoms with Gasteiger partial charge in [-0.25, -0.2) is 8.42 Å². The number of nitrogens with one attached hydrogen (secondary N) is 1. The number of carbonyl (C=O) groups is 1. The Hall–Kier alpha value is -1.07. The first-order valence-electron chi connectivity index (χ1n) is 5.70. The maximum absolute atomic E-state index is 11.8. The van der Waals surface area contributed by atoms with Gasteiger partial charge in [0.2, 0.25) is 0 Å². The number of carbonyl (C=O) groups excluding carboxylic acids is 1. The van der Waals surface area contributed by atoms with Crippen LogP contribution >= 0.6 is 10.7 Å². The Morgan fingerprint density at radius 1 is 1.33 bits per heavy atom. The van der Waals surface area contributed by atoms with E-state index in [0.717, 1.165) is 12.8 Å². The minimum Gasteiger partial charge on any atom is -0.350 e. The Balaban J connectivity index is 2.77. The number of benzene rings is 1. The molecule has 100 valence electrons. The number of halogens is 1. The van der Waals surface area contributed by atoms with Gasteiger partial charge in [-0.05, 0) is 37.6 Å². The normalized spacial score (nSPS) is 13.1. The number of hydrogen-bond acceptors (Lipinski definition) is 3. The van der Waals surface area contributed by atoms with E-state index < -0.39 is 9.05 Å². The maximum atomic E-state index is 11.8. The van der Waals surface area contributed by atoms with Gasteiger partial charge in [0.05, 0.1) is 4.90 Å². The smallest absolute Gasteiger partial charge is 0.261 e. The van der Waals surface area contributed by atoms with Gasteiger partial charge < -0.3 is 5.32 Å². The van der Waals surface area contributed by atoms with Gasteiger partial charge in [0.25, 0.3) is 15.0 Å². The van der Waals surface area contributed by atoms with E-state index in [4.69, 9.17) is 10.7 Å². The van der Waals surface area contributed by atoms with E-state index in [-0.39, 0.29) is 16.8 Å². The zero-order valence-corrected chi connectivity index (χ0v) is 11.9. The van der Waals surface area contributed by atoms with Gasteiger partial charge in [-0.1, -0.05) is 13.3 Å². The van der Waals surface area contributed by atoms with E-state index >= 15 is 0 Å². The summed E-state index contributed by atoms with van der Waals surface area (Å²) in [5, 5.41) is 2.83. The van der Waals surface area contributed by atoms with Gasteiger partial charge in [0.15, 0.2) is 0 Å². The van der Waals surface area contributed by atoms with E-state index in [1.165, 1.54) is 24.3 Å². The third-order valence-electron chi connectivity index (χ3n) is 2.50. The first kappa shape index (κ1) is 15.0. The second-order valence-electron chi connectivity index (χ2n) is 4.13. The molecule has 1 rings (SSSR count). The molecule has 0 saturated heterocycles. The summed E-state index contributed by atoms with van der Waals surface area (Å²) in [5.74, 6) is -0.213. The summed E-state index contributed by atoms with van der Waals surface area (Å²) in [6.07, 6.45) is 1.89. The molecule has 0 saturated carbocycles. The molecule has 0 fully saturated rings. The van der Waals surface area contributed by atoms with Crippen molar-refractivity contribution in [3.63, 3.8) is 0 Å². The SMILES string of the molecule is CCCC(C)NC(=O)c1ccc(S(=O)(=O)Cl)cc1. The topological polar surface area (TPSA) is 63.2 Å². The molecule has 0 aromatic heterocycles. The van der Waals surface area contributed by atoms with Crippen molar-refractivity contribution in [3.05, 3.63) is 29.8 Å². The fraction of sp³-hybridized carbons (Fsp3) is 0.417. The van der Waals surface area contributed by atoms with E-state index in [1.54, 1.807) is 0 Å². The average Bonchev–Trinajstić information content (AvgIpc) is 2.28. The van der Waals surface area contributed by atoms with Gasteiger partial charge in [0.1, 0.15) is 0 Å². The van der Waals surface area contributed by atoms with Crippen LogP contribution in [0, 0.1) is 0 Å². The summed E-state index contributed by atoms with van der Waals surface area (Å²) in [6, 6.07) is 5.63. The minimum absolute atomic E-state index is 0.0117. The van der Waals surface area contributed by atoms with Crippen LogP contribution in [0.15, 0.2) is 29.2 Å². The third kappa shape index (κ3) is 4.31. The summed E-state index contributed by atoms with van der Waals surface area (Å²) in [4.78, 5) is 11.8. The van der Waals surface area contributed by atoms with Crippen molar-refractivity contribution < 1.29 is 13.2 Å². The van der Waals surface area contributed by atoms with Gasteiger partial charge in [-0.15, -0.1) is 0 Å². The Morgan fingerprint density at radius 3 is 2.33 bits per heavy atom. The van der Waals surface area contributed by atoms with Crippen molar-refractivity contribution in [3.8, 4) is 0 Å². The molecule has 18 heavy (non-hydrogen) atoms. The highest BCUT2D eigenvalue weighted by molar-refractivity contribution is 8.13. The molecule has 1 aromatic carbocycles. The lowest BCUT2D eigenvalue weighted by Crippen LogP contribution is -2.32. The lowest BCUT2D eigenvalue weighted by atomic mass is 10.1. The van der Waals surface area contributed by atoms with Crippen LogP contribution in [0.5, 0.6) is 0 Å². The molecule has 1 aromatic rings. The van der Waals surface area contributed by atoms with Crippen LogP contribution < -0.4 is 5.32 Å². The highest BCUT2D eigenvalue weighted by Gasteiger charge is 2.12. The summed E-state index contributed by atoms with van der Waals surface area (Å²) < 4.78 is 22.1. The number of hydrogen-bond donors (Lipinski definition) is 1. The molecule has 0 aliphatic rings. The van der Waals surface area contributed by atoms with Crippen LogP contribution in [0.4, 0.5) is 0 Å². The molecule has 0 aliphatic carbocycles. The molecule has 0 heterocycles. The first-order valence-corrected chi connectivity index (χ1v) is 8.01. The lowest BCUT2D eigenvalue weighted by molar-refractivity contribution is 0.0938.